The van der Waals surface area contributed by atoms with E-state index >= 15 is 0 Å². The van der Waals surface area contributed by atoms with E-state index in [1.54, 1.807) is 24.5 Å². The predicted octanol–water partition coefficient (Wildman–Crippen LogP) is 2.15. The number of carbonyl (C=O) groups excluding carboxylic acids is 1. The van der Waals surface area contributed by atoms with Gasteiger partial charge in [-0.1, -0.05) is 23.4 Å². The lowest BCUT2D eigenvalue weighted by Gasteiger charge is -2.08. The number of aromatic amines is 1. The zero-order valence-corrected chi connectivity index (χ0v) is 14.1. The Morgan fingerprint density at radius 3 is 3.08 bits per heavy atom. The molecule has 1 atom stereocenters. The maximum Gasteiger partial charge on any atom is 0.287 e. The van der Waals surface area contributed by atoms with Crippen molar-refractivity contribution in [2.75, 3.05) is 5.73 Å². The lowest BCUT2D eigenvalue weighted by atomic mass is 10.2. The van der Waals surface area contributed by atoms with Gasteiger partial charge in [0.1, 0.15) is 5.82 Å². The van der Waals surface area contributed by atoms with Gasteiger partial charge in [-0.15, -0.1) is 0 Å². The third kappa shape index (κ3) is 4.05. The summed E-state index contributed by atoms with van der Waals surface area (Å²) < 4.78 is 0. The highest BCUT2D eigenvalue weighted by Crippen LogP contribution is 2.16. The predicted molar refractivity (Wildman–Crippen MR) is 96.0 cm³/mol. The van der Waals surface area contributed by atoms with Crippen molar-refractivity contribution in [3.05, 3.63) is 47.0 Å². The van der Waals surface area contributed by atoms with Crippen LogP contribution in [0.5, 0.6) is 0 Å². The monoisotopic (exact) mass is 354 g/mol. The van der Waals surface area contributed by atoms with Crippen molar-refractivity contribution in [1.29, 1.82) is 0 Å². The SMILES string of the molecule is C[C@@H](CC#Cc1cnc(N)c(Cl)c1)NC(=O)c1nc2ncccc2[nH]1. The molecule has 0 aliphatic carbocycles. The minimum absolute atomic E-state index is 0.154. The van der Waals surface area contributed by atoms with Crippen LogP contribution in [0.3, 0.4) is 0 Å². The number of nitrogens with one attached hydrogen (secondary N) is 2. The molecule has 8 heteroatoms. The summed E-state index contributed by atoms with van der Waals surface area (Å²) in [6, 6.07) is 5.09. The average molecular weight is 355 g/mol. The number of amides is 1. The van der Waals surface area contributed by atoms with Crippen molar-refractivity contribution < 1.29 is 4.79 Å². The third-order valence-electron chi connectivity index (χ3n) is 3.36. The molecule has 0 saturated heterocycles. The molecule has 3 aromatic rings. The Morgan fingerprint density at radius 1 is 1.48 bits per heavy atom. The fraction of sp³-hybridized carbons (Fsp3) is 0.176. The second kappa shape index (κ2) is 7.20. The molecule has 7 nitrogen and oxygen atoms in total. The van der Waals surface area contributed by atoms with Gasteiger partial charge in [-0.05, 0) is 25.1 Å². The first kappa shape index (κ1) is 16.7. The van der Waals surface area contributed by atoms with Crippen LogP contribution < -0.4 is 11.1 Å². The summed E-state index contributed by atoms with van der Waals surface area (Å²) in [5.74, 6) is 6.12. The molecule has 0 saturated carbocycles. The molecule has 0 bridgehead atoms. The van der Waals surface area contributed by atoms with Crippen LogP contribution in [-0.4, -0.2) is 31.9 Å². The molecule has 3 heterocycles. The topological polar surface area (TPSA) is 110 Å². The zero-order chi connectivity index (χ0) is 17.8. The van der Waals surface area contributed by atoms with Gasteiger partial charge in [0, 0.05) is 30.4 Å². The van der Waals surface area contributed by atoms with Gasteiger partial charge in [0.25, 0.3) is 5.91 Å². The van der Waals surface area contributed by atoms with Crippen molar-refractivity contribution in [2.45, 2.75) is 19.4 Å². The fourth-order valence-corrected chi connectivity index (χ4v) is 2.29. The standard InChI is InChI=1S/C17H15ClN6O/c1-10(4-2-5-11-8-12(18)14(19)21-9-11)22-17(25)16-23-13-6-3-7-20-15(13)24-16/h3,6-10H,4H2,1H3,(H2,19,21)(H,22,25)(H,20,23,24)/t10-/m0/s1. The maximum atomic E-state index is 12.2. The van der Waals surface area contributed by atoms with Gasteiger partial charge in [0.2, 0.25) is 0 Å². The maximum absolute atomic E-state index is 12.2. The highest BCUT2D eigenvalue weighted by Gasteiger charge is 2.13. The first-order valence-electron chi connectivity index (χ1n) is 7.54. The first-order chi connectivity index (χ1) is 12.0. The number of hydrogen-bond donors (Lipinski definition) is 3. The summed E-state index contributed by atoms with van der Waals surface area (Å²) >= 11 is 5.90. The summed E-state index contributed by atoms with van der Waals surface area (Å²) in [6.45, 7) is 1.86. The smallest absolute Gasteiger partial charge is 0.287 e. The number of nitrogens with zero attached hydrogens (tertiary/aromatic N) is 3. The van der Waals surface area contributed by atoms with Crippen molar-refractivity contribution in [3.8, 4) is 11.8 Å². The van der Waals surface area contributed by atoms with Crippen LogP contribution in [0.15, 0.2) is 30.6 Å². The highest BCUT2D eigenvalue weighted by molar-refractivity contribution is 6.32. The van der Waals surface area contributed by atoms with E-state index in [9.17, 15) is 4.79 Å². The second-order valence-electron chi connectivity index (χ2n) is 5.43. The van der Waals surface area contributed by atoms with Crippen LogP contribution in [0.25, 0.3) is 11.2 Å². The van der Waals surface area contributed by atoms with Crippen LogP contribution in [-0.2, 0) is 0 Å². The number of aromatic nitrogens is 4. The van der Waals surface area contributed by atoms with Gasteiger partial charge in [0.05, 0.1) is 10.5 Å². The fourth-order valence-electron chi connectivity index (χ4n) is 2.12. The molecule has 0 aliphatic rings. The molecule has 3 rings (SSSR count). The number of halogens is 1. The van der Waals surface area contributed by atoms with E-state index in [4.69, 9.17) is 17.3 Å². The number of nitrogen functional groups attached to an aromatic ring is 1. The number of rotatable bonds is 3. The van der Waals surface area contributed by atoms with E-state index < -0.39 is 0 Å². The molecule has 0 aromatic carbocycles. The van der Waals surface area contributed by atoms with E-state index in [2.05, 4.69) is 37.1 Å². The summed E-state index contributed by atoms with van der Waals surface area (Å²) in [5.41, 5.74) is 7.44. The van der Waals surface area contributed by atoms with E-state index in [0.717, 1.165) is 0 Å². The van der Waals surface area contributed by atoms with Crippen LogP contribution in [0.1, 0.15) is 29.5 Å². The summed E-state index contributed by atoms with van der Waals surface area (Å²) in [5, 5.41) is 3.21. The number of anilines is 1. The third-order valence-corrected chi connectivity index (χ3v) is 3.66. The molecule has 0 aliphatic heterocycles. The molecule has 3 aromatic heterocycles. The number of carbonyl (C=O) groups is 1. The van der Waals surface area contributed by atoms with Crippen molar-refractivity contribution >= 4 is 34.5 Å². The van der Waals surface area contributed by atoms with Gasteiger partial charge < -0.3 is 16.0 Å². The van der Waals surface area contributed by atoms with Crippen LogP contribution >= 0.6 is 11.6 Å². The Hall–Kier alpha value is -3.11. The second-order valence-corrected chi connectivity index (χ2v) is 5.84. The molecular weight excluding hydrogens is 340 g/mol. The van der Waals surface area contributed by atoms with Crippen LogP contribution in [0, 0.1) is 11.8 Å². The summed E-state index contributed by atoms with van der Waals surface area (Å²) in [7, 11) is 0. The summed E-state index contributed by atoms with van der Waals surface area (Å²) in [4.78, 5) is 27.3. The van der Waals surface area contributed by atoms with E-state index in [1.807, 2.05) is 13.0 Å². The van der Waals surface area contributed by atoms with Crippen molar-refractivity contribution in [2.24, 2.45) is 0 Å². The number of imidazole rings is 1. The van der Waals surface area contributed by atoms with E-state index in [1.165, 1.54) is 0 Å². The number of hydrogen-bond acceptors (Lipinski definition) is 5. The van der Waals surface area contributed by atoms with Gasteiger partial charge >= 0.3 is 0 Å². The molecule has 0 unspecified atom stereocenters. The van der Waals surface area contributed by atoms with Crippen molar-refractivity contribution in [3.63, 3.8) is 0 Å². The highest BCUT2D eigenvalue weighted by atomic mass is 35.5. The zero-order valence-electron chi connectivity index (χ0n) is 13.4. The van der Waals surface area contributed by atoms with Crippen LogP contribution in [0.4, 0.5) is 5.82 Å². The van der Waals surface area contributed by atoms with Crippen molar-refractivity contribution in [1.82, 2.24) is 25.3 Å². The van der Waals surface area contributed by atoms with Gasteiger partial charge in [0.15, 0.2) is 11.5 Å². The number of nitrogens with two attached hydrogens (primary N) is 1. The minimum atomic E-state index is -0.301. The lowest BCUT2D eigenvalue weighted by molar-refractivity contribution is 0.0931. The van der Waals surface area contributed by atoms with Gasteiger partial charge in [-0.25, -0.2) is 15.0 Å². The average Bonchev–Trinajstić information content (AvgIpc) is 3.02. The molecular formula is C17H15ClN6O. The Morgan fingerprint density at radius 2 is 2.32 bits per heavy atom. The number of fused-ring (bicyclic) bond motifs is 1. The molecule has 25 heavy (non-hydrogen) atoms. The Labute approximate surface area is 149 Å². The normalized spacial score (nSPS) is 11.6. The number of pyridine rings is 2. The van der Waals surface area contributed by atoms with Gasteiger partial charge in [-0.2, -0.15) is 0 Å². The Kier molecular flexibility index (Phi) is 4.82. The molecule has 4 N–H and O–H groups in total. The van der Waals surface area contributed by atoms with Crippen LogP contribution in [0.2, 0.25) is 5.02 Å². The lowest BCUT2D eigenvalue weighted by Crippen LogP contribution is -2.32. The largest absolute Gasteiger partial charge is 0.382 e. The summed E-state index contributed by atoms with van der Waals surface area (Å²) in [6.07, 6.45) is 3.65. The minimum Gasteiger partial charge on any atom is -0.382 e. The number of H-pyrrole nitrogens is 1. The molecule has 1 amide bonds. The quantitative estimate of drug-likeness (QED) is 0.624. The van der Waals surface area contributed by atoms with Gasteiger partial charge in [-0.3, -0.25) is 4.79 Å². The Bertz CT molecular complexity index is 954. The first-order valence-corrected chi connectivity index (χ1v) is 7.92. The van der Waals surface area contributed by atoms with E-state index in [-0.39, 0.29) is 23.6 Å². The molecule has 0 radical (unpaired) electrons. The van der Waals surface area contributed by atoms with E-state index in [0.29, 0.717) is 28.2 Å². The Balaban J connectivity index is 1.60. The molecule has 126 valence electrons. The molecule has 0 fully saturated rings. The molecule has 0 spiro atoms.